The summed E-state index contributed by atoms with van der Waals surface area (Å²) in [6.45, 7) is 8.23. The number of amides is 1. The fourth-order valence-corrected chi connectivity index (χ4v) is 3.62. The Balaban J connectivity index is 1.83. The van der Waals surface area contributed by atoms with E-state index in [1.807, 2.05) is 32.6 Å². The van der Waals surface area contributed by atoms with Crippen molar-refractivity contribution in [2.24, 2.45) is 17.8 Å². The van der Waals surface area contributed by atoms with Gasteiger partial charge in [0.25, 0.3) is 5.92 Å². The van der Waals surface area contributed by atoms with Crippen LogP contribution in [-0.4, -0.2) is 41.9 Å². The standard InChI is InChI=1S/C16H28F2N2O/c1-10(2)14-5-6-20(9-16(14,17)18)13-7-12(8-13)15(21)19-11(3)4/h10-14H,5-9H2,1-4H3,(H,19,21). The zero-order valence-corrected chi connectivity index (χ0v) is 13.5. The molecule has 0 aromatic rings. The molecule has 0 aromatic carbocycles. The fourth-order valence-electron chi connectivity index (χ4n) is 3.62. The molecule has 1 aliphatic heterocycles. The number of carbonyl (C=O) groups excluding carboxylic acids is 1. The highest BCUT2D eigenvalue weighted by Gasteiger charge is 2.49. The summed E-state index contributed by atoms with van der Waals surface area (Å²) in [6.07, 6.45) is 2.01. The highest BCUT2D eigenvalue weighted by molar-refractivity contribution is 5.79. The van der Waals surface area contributed by atoms with E-state index in [0.717, 1.165) is 19.4 Å². The normalized spacial score (nSPS) is 33.0. The Bertz CT molecular complexity index is 378. The van der Waals surface area contributed by atoms with Crippen molar-refractivity contribution in [2.45, 2.75) is 65.0 Å². The van der Waals surface area contributed by atoms with Gasteiger partial charge in [0.05, 0.1) is 6.54 Å². The van der Waals surface area contributed by atoms with E-state index >= 15 is 0 Å². The minimum atomic E-state index is -2.60. The van der Waals surface area contributed by atoms with Crippen molar-refractivity contribution in [3.05, 3.63) is 0 Å². The van der Waals surface area contributed by atoms with Crippen LogP contribution in [0.3, 0.4) is 0 Å². The largest absolute Gasteiger partial charge is 0.354 e. The summed E-state index contributed by atoms with van der Waals surface area (Å²) in [5.41, 5.74) is 0. The molecule has 2 rings (SSSR count). The van der Waals surface area contributed by atoms with Gasteiger partial charge in [-0.05, 0) is 45.6 Å². The van der Waals surface area contributed by atoms with Crippen LogP contribution in [0.4, 0.5) is 8.78 Å². The van der Waals surface area contributed by atoms with Gasteiger partial charge in [-0.1, -0.05) is 13.8 Å². The molecule has 21 heavy (non-hydrogen) atoms. The van der Waals surface area contributed by atoms with Crippen LogP contribution in [0.2, 0.25) is 0 Å². The van der Waals surface area contributed by atoms with Gasteiger partial charge < -0.3 is 5.32 Å². The van der Waals surface area contributed by atoms with Crippen LogP contribution in [0.1, 0.15) is 47.0 Å². The maximum absolute atomic E-state index is 14.2. The highest BCUT2D eigenvalue weighted by Crippen LogP contribution is 2.41. The van der Waals surface area contributed by atoms with Gasteiger partial charge in [0.1, 0.15) is 0 Å². The summed E-state index contributed by atoms with van der Waals surface area (Å²) in [6, 6.07) is 0.301. The van der Waals surface area contributed by atoms with E-state index in [9.17, 15) is 13.6 Å². The summed E-state index contributed by atoms with van der Waals surface area (Å²) >= 11 is 0. The van der Waals surface area contributed by atoms with E-state index in [4.69, 9.17) is 0 Å². The summed E-state index contributed by atoms with van der Waals surface area (Å²) in [5.74, 6) is -3.00. The average molecular weight is 302 g/mol. The molecule has 1 unspecified atom stereocenters. The lowest BCUT2D eigenvalue weighted by Gasteiger charge is -2.48. The average Bonchev–Trinajstić information content (AvgIpc) is 2.23. The molecule has 2 fully saturated rings. The third-order valence-corrected chi connectivity index (χ3v) is 4.92. The zero-order chi connectivity index (χ0) is 15.8. The first-order valence-electron chi connectivity index (χ1n) is 8.13. The van der Waals surface area contributed by atoms with Crippen LogP contribution in [0, 0.1) is 17.8 Å². The lowest BCUT2D eigenvalue weighted by Crippen LogP contribution is -2.58. The van der Waals surface area contributed by atoms with Crippen molar-refractivity contribution >= 4 is 5.91 Å². The van der Waals surface area contributed by atoms with Crippen LogP contribution in [0.25, 0.3) is 0 Å². The number of halogens is 2. The number of hydrogen-bond donors (Lipinski definition) is 1. The minimum absolute atomic E-state index is 0.00819. The van der Waals surface area contributed by atoms with Crippen LogP contribution in [-0.2, 0) is 4.79 Å². The number of alkyl halides is 2. The molecule has 0 bridgehead atoms. The van der Waals surface area contributed by atoms with Gasteiger partial charge in [-0.2, -0.15) is 0 Å². The maximum Gasteiger partial charge on any atom is 0.263 e. The van der Waals surface area contributed by atoms with Gasteiger partial charge in [-0.15, -0.1) is 0 Å². The predicted octanol–water partition coefficient (Wildman–Crippen LogP) is 2.90. The minimum Gasteiger partial charge on any atom is -0.354 e. The number of piperidine rings is 1. The predicted molar refractivity (Wildman–Crippen MR) is 79.3 cm³/mol. The van der Waals surface area contributed by atoms with Crippen molar-refractivity contribution in [1.29, 1.82) is 0 Å². The molecule has 0 aromatic heterocycles. The lowest BCUT2D eigenvalue weighted by molar-refractivity contribution is -0.147. The molecule has 1 amide bonds. The smallest absolute Gasteiger partial charge is 0.263 e. The summed E-state index contributed by atoms with van der Waals surface area (Å²) in [4.78, 5) is 13.8. The summed E-state index contributed by atoms with van der Waals surface area (Å²) < 4.78 is 28.4. The van der Waals surface area contributed by atoms with Crippen molar-refractivity contribution in [3.63, 3.8) is 0 Å². The fraction of sp³-hybridized carbons (Fsp3) is 0.938. The molecular weight excluding hydrogens is 274 g/mol. The molecule has 1 N–H and O–H groups in total. The Labute approximate surface area is 126 Å². The van der Waals surface area contributed by atoms with Crippen molar-refractivity contribution in [3.8, 4) is 0 Å². The first kappa shape index (κ1) is 16.7. The Morgan fingerprint density at radius 3 is 2.33 bits per heavy atom. The number of rotatable bonds is 4. The number of hydrogen-bond acceptors (Lipinski definition) is 2. The molecular formula is C16H28F2N2O. The first-order valence-corrected chi connectivity index (χ1v) is 8.13. The van der Waals surface area contributed by atoms with Crippen LogP contribution in [0.5, 0.6) is 0 Å². The van der Waals surface area contributed by atoms with Gasteiger partial charge in [0.15, 0.2) is 0 Å². The third kappa shape index (κ3) is 3.74. The second kappa shape index (κ2) is 6.19. The molecule has 1 heterocycles. The van der Waals surface area contributed by atoms with E-state index in [1.54, 1.807) is 0 Å². The number of carbonyl (C=O) groups is 1. The monoisotopic (exact) mass is 302 g/mol. The van der Waals surface area contributed by atoms with Gasteiger partial charge >= 0.3 is 0 Å². The van der Waals surface area contributed by atoms with Gasteiger partial charge in [-0.25, -0.2) is 8.78 Å². The van der Waals surface area contributed by atoms with E-state index < -0.39 is 11.8 Å². The van der Waals surface area contributed by atoms with E-state index in [-0.39, 0.29) is 36.4 Å². The van der Waals surface area contributed by atoms with E-state index in [0.29, 0.717) is 6.42 Å². The Morgan fingerprint density at radius 1 is 1.24 bits per heavy atom. The second-order valence-electron chi connectivity index (χ2n) is 7.36. The maximum atomic E-state index is 14.2. The second-order valence-corrected chi connectivity index (χ2v) is 7.36. The van der Waals surface area contributed by atoms with Gasteiger partial charge in [-0.3, -0.25) is 9.69 Å². The van der Waals surface area contributed by atoms with Crippen molar-refractivity contribution in [2.75, 3.05) is 13.1 Å². The van der Waals surface area contributed by atoms with Crippen molar-refractivity contribution < 1.29 is 13.6 Å². The van der Waals surface area contributed by atoms with Crippen LogP contribution in [0.15, 0.2) is 0 Å². The molecule has 1 saturated carbocycles. The molecule has 3 nitrogen and oxygen atoms in total. The number of nitrogens with one attached hydrogen (secondary N) is 1. The summed E-state index contributed by atoms with van der Waals surface area (Å²) in [5, 5.41) is 2.90. The van der Waals surface area contributed by atoms with E-state index in [2.05, 4.69) is 5.32 Å². The molecule has 1 saturated heterocycles. The Morgan fingerprint density at radius 2 is 1.86 bits per heavy atom. The zero-order valence-electron chi connectivity index (χ0n) is 13.5. The Hall–Kier alpha value is -0.710. The molecule has 1 atom stereocenters. The topological polar surface area (TPSA) is 32.3 Å². The SMILES string of the molecule is CC(C)NC(=O)C1CC(N2CCC(C(C)C)C(F)(F)C2)C1. The molecule has 0 spiro atoms. The summed E-state index contributed by atoms with van der Waals surface area (Å²) in [7, 11) is 0. The van der Waals surface area contributed by atoms with Gasteiger partial charge in [0, 0.05) is 23.9 Å². The molecule has 122 valence electrons. The van der Waals surface area contributed by atoms with Crippen LogP contribution < -0.4 is 5.32 Å². The Kier molecular flexibility index (Phi) is 4.91. The molecule has 1 aliphatic carbocycles. The first-order chi connectivity index (χ1) is 9.70. The molecule has 2 aliphatic rings. The lowest BCUT2D eigenvalue weighted by atomic mass is 9.76. The number of likely N-dealkylation sites (tertiary alicyclic amines) is 1. The van der Waals surface area contributed by atoms with Crippen molar-refractivity contribution in [1.82, 2.24) is 10.2 Å². The number of nitrogens with zero attached hydrogens (tertiary/aromatic N) is 1. The third-order valence-electron chi connectivity index (χ3n) is 4.92. The highest BCUT2D eigenvalue weighted by atomic mass is 19.3. The van der Waals surface area contributed by atoms with Gasteiger partial charge in [0.2, 0.25) is 5.91 Å². The molecule has 5 heteroatoms. The van der Waals surface area contributed by atoms with E-state index in [1.165, 1.54) is 0 Å². The van der Waals surface area contributed by atoms with Crippen LogP contribution >= 0.6 is 0 Å². The quantitative estimate of drug-likeness (QED) is 0.866. The molecule has 0 radical (unpaired) electrons.